The van der Waals surface area contributed by atoms with Crippen LogP contribution in [0.3, 0.4) is 0 Å². The van der Waals surface area contributed by atoms with E-state index in [1.54, 1.807) is 0 Å². The molecule has 2 rings (SSSR count). The average Bonchev–Trinajstić information content (AvgIpc) is 2.57. The number of hydrogen-bond acceptors (Lipinski definition) is 4. The zero-order valence-electron chi connectivity index (χ0n) is 13.0. The van der Waals surface area contributed by atoms with Crippen LogP contribution in [0.2, 0.25) is 5.02 Å². The van der Waals surface area contributed by atoms with E-state index in [1.165, 1.54) is 18.2 Å². The highest BCUT2D eigenvalue weighted by Crippen LogP contribution is 2.31. The Bertz CT molecular complexity index is 827. The number of nitrogens with one attached hydrogen (secondary N) is 1. The van der Waals surface area contributed by atoms with Gasteiger partial charge in [-0.2, -0.15) is 13.2 Å². The van der Waals surface area contributed by atoms with Crippen LogP contribution < -0.4 is 10.1 Å². The molecule has 0 aliphatic heterocycles. The highest BCUT2D eigenvalue weighted by molar-refractivity contribution is 6.31. The van der Waals surface area contributed by atoms with E-state index in [9.17, 15) is 28.1 Å². The third-order valence-corrected chi connectivity index (χ3v) is 3.45. The van der Waals surface area contributed by atoms with Crippen molar-refractivity contribution >= 4 is 23.2 Å². The fourth-order valence-corrected chi connectivity index (χ4v) is 2.21. The minimum absolute atomic E-state index is 0.0113. The highest BCUT2D eigenvalue weighted by Gasteiger charge is 2.30. The predicted octanol–water partition coefficient (Wildman–Crippen LogP) is 4.08. The van der Waals surface area contributed by atoms with E-state index in [-0.39, 0.29) is 29.5 Å². The van der Waals surface area contributed by atoms with Crippen LogP contribution in [0.5, 0.6) is 5.75 Å². The van der Waals surface area contributed by atoms with Crippen molar-refractivity contribution in [2.24, 2.45) is 0 Å². The van der Waals surface area contributed by atoms with Crippen molar-refractivity contribution in [2.75, 3.05) is 13.2 Å². The average molecular weight is 389 g/mol. The van der Waals surface area contributed by atoms with Crippen molar-refractivity contribution in [1.82, 2.24) is 5.32 Å². The molecular formula is C16H12ClF3N2O4. The number of carbonyl (C=O) groups excluding carboxylic acids is 1. The Hall–Kier alpha value is -2.81. The van der Waals surface area contributed by atoms with Crippen LogP contribution >= 0.6 is 11.6 Å². The normalized spacial score (nSPS) is 11.1. The topological polar surface area (TPSA) is 81.5 Å². The standard InChI is InChI=1S/C16H12ClF3N2O4/c17-11-4-5-14(22(24)25)13(9-11)15(23)21-6-7-26-12-3-1-2-10(8-12)16(18,19)20/h1-5,8-9H,6-7H2,(H,21,23). The van der Waals surface area contributed by atoms with Gasteiger partial charge >= 0.3 is 6.18 Å². The maximum absolute atomic E-state index is 12.6. The van der Waals surface area contributed by atoms with E-state index >= 15 is 0 Å². The number of hydrogen-bond donors (Lipinski definition) is 1. The van der Waals surface area contributed by atoms with Crippen LogP contribution in [0, 0.1) is 10.1 Å². The minimum Gasteiger partial charge on any atom is -0.492 e. The van der Waals surface area contributed by atoms with Crippen molar-refractivity contribution in [1.29, 1.82) is 0 Å². The predicted molar refractivity (Wildman–Crippen MR) is 87.4 cm³/mol. The van der Waals surface area contributed by atoms with Crippen LogP contribution in [0.15, 0.2) is 42.5 Å². The van der Waals surface area contributed by atoms with Crippen LogP contribution in [0.1, 0.15) is 15.9 Å². The number of nitro benzene ring substituents is 1. The lowest BCUT2D eigenvalue weighted by Gasteiger charge is -2.11. The lowest BCUT2D eigenvalue weighted by atomic mass is 10.1. The molecule has 0 unspecified atom stereocenters. The second-order valence-corrected chi connectivity index (χ2v) is 5.48. The Morgan fingerprint density at radius 2 is 1.96 bits per heavy atom. The number of benzene rings is 2. The minimum atomic E-state index is -4.49. The first-order chi connectivity index (χ1) is 12.2. The first-order valence-electron chi connectivity index (χ1n) is 7.20. The number of amides is 1. The summed E-state index contributed by atoms with van der Waals surface area (Å²) < 4.78 is 43.0. The molecular weight excluding hydrogens is 377 g/mol. The molecule has 0 saturated carbocycles. The smallest absolute Gasteiger partial charge is 0.416 e. The van der Waals surface area contributed by atoms with Gasteiger partial charge in [-0.1, -0.05) is 17.7 Å². The second-order valence-electron chi connectivity index (χ2n) is 5.05. The Labute approximate surface area is 150 Å². The van der Waals surface area contributed by atoms with Crippen molar-refractivity contribution in [3.8, 4) is 5.75 Å². The number of carbonyl (C=O) groups is 1. The molecule has 0 spiro atoms. The van der Waals surface area contributed by atoms with Gasteiger partial charge in [-0.15, -0.1) is 0 Å². The maximum atomic E-state index is 12.6. The third kappa shape index (κ3) is 5.09. The van der Waals surface area contributed by atoms with Gasteiger partial charge in [0.05, 0.1) is 17.0 Å². The summed E-state index contributed by atoms with van der Waals surface area (Å²) in [6.07, 6.45) is -4.49. The molecule has 0 bridgehead atoms. The van der Waals surface area contributed by atoms with Gasteiger partial charge in [-0.3, -0.25) is 14.9 Å². The van der Waals surface area contributed by atoms with Crippen molar-refractivity contribution in [3.63, 3.8) is 0 Å². The SMILES string of the molecule is O=C(NCCOc1cccc(C(F)(F)F)c1)c1cc(Cl)ccc1[N+](=O)[O-]. The van der Waals surface area contributed by atoms with Gasteiger partial charge < -0.3 is 10.1 Å². The quantitative estimate of drug-likeness (QED) is 0.459. The lowest BCUT2D eigenvalue weighted by Crippen LogP contribution is -2.28. The van der Waals surface area contributed by atoms with Gasteiger partial charge in [0.25, 0.3) is 11.6 Å². The fraction of sp³-hybridized carbons (Fsp3) is 0.188. The summed E-state index contributed by atoms with van der Waals surface area (Å²) in [5, 5.41) is 13.5. The van der Waals surface area contributed by atoms with Crippen LogP contribution in [0.4, 0.5) is 18.9 Å². The molecule has 1 N–H and O–H groups in total. The van der Waals surface area contributed by atoms with E-state index in [2.05, 4.69) is 5.32 Å². The van der Waals surface area contributed by atoms with Gasteiger partial charge in [0.2, 0.25) is 0 Å². The van der Waals surface area contributed by atoms with Gasteiger partial charge in [-0.05, 0) is 30.3 Å². The molecule has 0 radical (unpaired) electrons. The van der Waals surface area contributed by atoms with Crippen molar-refractivity contribution < 1.29 is 27.6 Å². The summed E-state index contributed by atoms with van der Waals surface area (Å²) in [6.45, 7) is -0.194. The number of alkyl halides is 3. The summed E-state index contributed by atoms with van der Waals surface area (Å²) >= 11 is 5.74. The number of ether oxygens (including phenoxy) is 1. The summed E-state index contributed by atoms with van der Waals surface area (Å²) in [7, 11) is 0. The Kier molecular flexibility index (Phi) is 6.04. The maximum Gasteiger partial charge on any atom is 0.416 e. The number of nitrogens with zero attached hydrogens (tertiary/aromatic N) is 1. The van der Waals surface area contributed by atoms with E-state index in [0.717, 1.165) is 24.3 Å². The zero-order chi connectivity index (χ0) is 19.3. The lowest BCUT2D eigenvalue weighted by molar-refractivity contribution is -0.385. The van der Waals surface area contributed by atoms with Gasteiger partial charge in [0.1, 0.15) is 17.9 Å². The largest absolute Gasteiger partial charge is 0.492 e. The molecule has 6 nitrogen and oxygen atoms in total. The number of rotatable bonds is 6. The van der Waals surface area contributed by atoms with Crippen LogP contribution in [0.25, 0.3) is 0 Å². The van der Waals surface area contributed by atoms with Gasteiger partial charge in [0, 0.05) is 11.1 Å². The van der Waals surface area contributed by atoms with E-state index in [0.29, 0.717) is 0 Å². The summed E-state index contributed by atoms with van der Waals surface area (Å²) in [5.74, 6) is -0.755. The molecule has 10 heteroatoms. The molecule has 1 amide bonds. The third-order valence-electron chi connectivity index (χ3n) is 3.22. The highest BCUT2D eigenvalue weighted by atomic mass is 35.5. The molecule has 0 fully saturated rings. The molecule has 2 aromatic carbocycles. The molecule has 0 aromatic heterocycles. The molecule has 2 aromatic rings. The van der Waals surface area contributed by atoms with Crippen molar-refractivity contribution in [3.05, 3.63) is 68.7 Å². The number of halogens is 4. The second kappa shape index (κ2) is 8.05. The van der Waals surface area contributed by atoms with Gasteiger partial charge in [-0.25, -0.2) is 0 Å². The molecule has 0 aliphatic rings. The van der Waals surface area contributed by atoms with Crippen LogP contribution in [-0.4, -0.2) is 24.0 Å². The zero-order valence-corrected chi connectivity index (χ0v) is 13.8. The monoisotopic (exact) mass is 388 g/mol. The summed E-state index contributed by atoms with van der Waals surface area (Å²) in [6, 6.07) is 7.84. The Morgan fingerprint density at radius 3 is 2.62 bits per heavy atom. The first-order valence-corrected chi connectivity index (χ1v) is 7.58. The summed E-state index contributed by atoms with van der Waals surface area (Å²) in [4.78, 5) is 22.3. The fourth-order valence-electron chi connectivity index (χ4n) is 2.04. The molecule has 0 saturated heterocycles. The molecule has 0 heterocycles. The summed E-state index contributed by atoms with van der Waals surface area (Å²) in [5.41, 5.74) is -1.49. The molecule has 26 heavy (non-hydrogen) atoms. The molecule has 0 aliphatic carbocycles. The molecule has 0 atom stereocenters. The van der Waals surface area contributed by atoms with E-state index in [4.69, 9.17) is 16.3 Å². The van der Waals surface area contributed by atoms with Gasteiger partial charge in [0.15, 0.2) is 0 Å². The Balaban J connectivity index is 1.94. The number of nitro groups is 1. The first kappa shape index (κ1) is 19.5. The Morgan fingerprint density at radius 1 is 1.23 bits per heavy atom. The van der Waals surface area contributed by atoms with E-state index in [1.807, 2.05) is 0 Å². The molecule has 138 valence electrons. The van der Waals surface area contributed by atoms with E-state index < -0.39 is 28.3 Å². The van der Waals surface area contributed by atoms with Crippen molar-refractivity contribution in [2.45, 2.75) is 6.18 Å². The van der Waals surface area contributed by atoms with Crippen LogP contribution in [-0.2, 0) is 6.18 Å².